The molecule has 0 radical (unpaired) electrons. The number of cyclic esters (lactones) is 1. The van der Waals surface area contributed by atoms with E-state index in [2.05, 4.69) is 0 Å². The fourth-order valence-electron chi connectivity index (χ4n) is 3.20. The molecule has 2 aromatic rings. The van der Waals surface area contributed by atoms with Gasteiger partial charge < -0.3 is 14.2 Å². The maximum Gasteiger partial charge on any atom is 0.338 e. The summed E-state index contributed by atoms with van der Waals surface area (Å²) < 4.78 is 16.6. The van der Waals surface area contributed by atoms with Gasteiger partial charge >= 0.3 is 11.9 Å². The van der Waals surface area contributed by atoms with Crippen LogP contribution in [0.15, 0.2) is 54.6 Å². The summed E-state index contributed by atoms with van der Waals surface area (Å²) in [4.78, 5) is 34.2. The highest BCUT2D eigenvalue weighted by atomic mass is 16.6. The second-order valence-corrected chi connectivity index (χ2v) is 7.00. The van der Waals surface area contributed by atoms with Gasteiger partial charge in [0, 0.05) is 25.2 Å². The Balaban J connectivity index is 1.53. The summed E-state index contributed by atoms with van der Waals surface area (Å²) in [6, 6.07) is 15.0. The van der Waals surface area contributed by atoms with Crippen LogP contribution in [0.5, 0.6) is 0 Å². The minimum atomic E-state index is -0.608. The number of nitro benzene ring substituents is 1. The number of hydrogen-bond donors (Lipinski definition) is 0. The largest absolute Gasteiger partial charge is 0.458 e. The van der Waals surface area contributed by atoms with Crippen molar-refractivity contribution in [3.63, 3.8) is 0 Å². The van der Waals surface area contributed by atoms with Crippen LogP contribution in [0.25, 0.3) is 0 Å². The van der Waals surface area contributed by atoms with Crippen molar-refractivity contribution in [2.24, 2.45) is 0 Å². The van der Waals surface area contributed by atoms with Gasteiger partial charge in [0.25, 0.3) is 5.69 Å². The maximum atomic E-state index is 12.5. The van der Waals surface area contributed by atoms with Gasteiger partial charge in [-0.25, -0.2) is 4.79 Å². The molecule has 2 atom stereocenters. The molecule has 0 N–H and O–H groups in total. The molecule has 0 aromatic heterocycles. The van der Waals surface area contributed by atoms with E-state index in [0.29, 0.717) is 38.9 Å². The first kappa shape index (κ1) is 21.4. The molecule has 0 spiro atoms. The van der Waals surface area contributed by atoms with Crippen LogP contribution in [0.4, 0.5) is 5.69 Å². The zero-order chi connectivity index (χ0) is 21.3. The first-order chi connectivity index (χ1) is 14.5. The van der Waals surface area contributed by atoms with Crippen LogP contribution >= 0.6 is 0 Å². The number of carbonyl (C=O) groups is 2. The van der Waals surface area contributed by atoms with Gasteiger partial charge in [-0.15, -0.1) is 0 Å². The van der Waals surface area contributed by atoms with Gasteiger partial charge in [-0.1, -0.05) is 30.3 Å². The van der Waals surface area contributed by atoms with Crippen molar-refractivity contribution in [1.29, 1.82) is 0 Å². The van der Waals surface area contributed by atoms with Crippen molar-refractivity contribution in [3.8, 4) is 0 Å². The van der Waals surface area contributed by atoms with Crippen molar-refractivity contribution < 1.29 is 28.7 Å². The Morgan fingerprint density at radius 1 is 1.17 bits per heavy atom. The third kappa shape index (κ3) is 6.12. The molecule has 1 saturated heterocycles. The van der Waals surface area contributed by atoms with E-state index in [1.54, 1.807) is 0 Å². The fraction of sp³-hybridized carbons (Fsp3) is 0.364. The average molecular weight is 413 g/mol. The Labute approximate surface area is 173 Å². The van der Waals surface area contributed by atoms with Gasteiger partial charge in [-0.05, 0) is 37.0 Å². The van der Waals surface area contributed by atoms with Crippen molar-refractivity contribution in [3.05, 3.63) is 75.8 Å². The van der Waals surface area contributed by atoms with Gasteiger partial charge in [0.1, 0.15) is 12.2 Å². The van der Waals surface area contributed by atoms with Crippen LogP contribution < -0.4 is 0 Å². The van der Waals surface area contributed by atoms with Gasteiger partial charge in [-0.2, -0.15) is 0 Å². The zero-order valence-electron chi connectivity index (χ0n) is 16.4. The van der Waals surface area contributed by atoms with E-state index in [9.17, 15) is 19.7 Å². The topological polar surface area (TPSA) is 105 Å². The van der Waals surface area contributed by atoms with Crippen molar-refractivity contribution in [2.75, 3.05) is 6.61 Å². The van der Waals surface area contributed by atoms with Crippen LogP contribution in [-0.2, 0) is 25.6 Å². The highest BCUT2D eigenvalue weighted by Crippen LogP contribution is 2.24. The number of nitrogens with zero attached hydrogens (tertiary/aromatic N) is 1. The number of rotatable bonds is 10. The molecule has 1 fully saturated rings. The van der Waals surface area contributed by atoms with Crippen LogP contribution in [0, 0.1) is 10.1 Å². The molecule has 0 bridgehead atoms. The van der Waals surface area contributed by atoms with Crippen LogP contribution in [-0.4, -0.2) is 35.7 Å². The number of nitro groups is 1. The van der Waals surface area contributed by atoms with Gasteiger partial charge in [0.2, 0.25) is 0 Å². The fourth-order valence-corrected chi connectivity index (χ4v) is 3.20. The quantitative estimate of drug-likeness (QED) is 0.252. The molecule has 0 saturated carbocycles. The Bertz CT molecular complexity index is 867. The summed E-state index contributed by atoms with van der Waals surface area (Å²) in [6.45, 7) is 0.966. The lowest BCUT2D eigenvalue weighted by molar-refractivity contribution is -0.384. The number of esters is 2. The number of ether oxygens (including phenoxy) is 3. The number of hydrogen-bond acceptors (Lipinski definition) is 7. The Hall–Kier alpha value is -3.26. The lowest BCUT2D eigenvalue weighted by atomic mass is 10.1. The van der Waals surface area contributed by atoms with Crippen molar-refractivity contribution >= 4 is 17.6 Å². The molecule has 3 rings (SSSR count). The van der Waals surface area contributed by atoms with Crippen LogP contribution in [0.2, 0.25) is 0 Å². The smallest absolute Gasteiger partial charge is 0.338 e. The molecule has 1 aliphatic heterocycles. The SMILES string of the molecule is O=C1CC[C@H]([C@H](CCCOCc2ccccc2)OC(=O)c2ccc([N+](=O)[O-])cc2)O1. The lowest BCUT2D eigenvalue weighted by Crippen LogP contribution is -2.31. The van der Waals surface area contributed by atoms with E-state index in [0.717, 1.165) is 5.56 Å². The zero-order valence-corrected chi connectivity index (χ0v) is 16.4. The van der Waals surface area contributed by atoms with Gasteiger partial charge in [0.05, 0.1) is 17.1 Å². The maximum absolute atomic E-state index is 12.5. The summed E-state index contributed by atoms with van der Waals surface area (Å²) in [5, 5.41) is 10.8. The number of benzene rings is 2. The van der Waals surface area contributed by atoms with E-state index in [4.69, 9.17) is 14.2 Å². The molecule has 1 heterocycles. The second kappa shape index (κ2) is 10.5. The molecule has 2 aromatic carbocycles. The van der Waals surface area contributed by atoms with Crippen LogP contribution in [0.1, 0.15) is 41.6 Å². The Morgan fingerprint density at radius 3 is 2.53 bits per heavy atom. The summed E-state index contributed by atoms with van der Waals surface area (Å²) >= 11 is 0. The van der Waals surface area contributed by atoms with Crippen molar-refractivity contribution in [2.45, 2.75) is 44.5 Å². The van der Waals surface area contributed by atoms with E-state index >= 15 is 0 Å². The molecule has 1 aliphatic rings. The predicted octanol–water partition coefficient (Wildman–Crippen LogP) is 3.82. The number of carbonyl (C=O) groups excluding carboxylic acids is 2. The lowest BCUT2D eigenvalue weighted by Gasteiger charge is -2.23. The third-order valence-electron chi connectivity index (χ3n) is 4.79. The van der Waals surface area contributed by atoms with Crippen molar-refractivity contribution in [1.82, 2.24) is 0 Å². The first-order valence-electron chi connectivity index (χ1n) is 9.79. The Kier molecular flexibility index (Phi) is 7.51. The summed E-state index contributed by atoms with van der Waals surface area (Å²) in [6.07, 6.45) is 0.792. The molecular formula is C22H23NO7. The van der Waals surface area contributed by atoms with E-state index < -0.39 is 23.1 Å². The summed E-state index contributed by atoms with van der Waals surface area (Å²) in [5.41, 5.74) is 1.17. The van der Waals surface area contributed by atoms with E-state index in [-0.39, 0.29) is 17.2 Å². The minimum Gasteiger partial charge on any atom is -0.458 e. The predicted molar refractivity (Wildman–Crippen MR) is 107 cm³/mol. The minimum absolute atomic E-state index is 0.108. The van der Waals surface area contributed by atoms with E-state index in [1.165, 1.54) is 24.3 Å². The van der Waals surface area contributed by atoms with Gasteiger partial charge in [0.15, 0.2) is 0 Å². The molecule has 0 unspecified atom stereocenters. The molecule has 30 heavy (non-hydrogen) atoms. The molecule has 0 aliphatic carbocycles. The van der Waals surface area contributed by atoms with Crippen LogP contribution in [0.3, 0.4) is 0 Å². The molecule has 0 amide bonds. The molecular weight excluding hydrogens is 390 g/mol. The molecule has 8 nitrogen and oxygen atoms in total. The second-order valence-electron chi connectivity index (χ2n) is 7.00. The first-order valence-corrected chi connectivity index (χ1v) is 9.79. The average Bonchev–Trinajstić information content (AvgIpc) is 3.19. The monoisotopic (exact) mass is 413 g/mol. The molecule has 8 heteroatoms. The summed E-state index contributed by atoms with van der Waals surface area (Å²) in [5.74, 6) is -0.917. The highest BCUT2D eigenvalue weighted by Gasteiger charge is 2.33. The highest BCUT2D eigenvalue weighted by molar-refractivity contribution is 5.89. The number of non-ortho nitro benzene ring substituents is 1. The van der Waals surface area contributed by atoms with Gasteiger partial charge in [-0.3, -0.25) is 14.9 Å². The Morgan fingerprint density at radius 2 is 1.90 bits per heavy atom. The standard InChI is InChI=1S/C22H23NO7/c24-21-13-12-20(29-21)19(7-4-14-28-15-16-5-2-1-3-6-16)30-22(25)17-8-10-18(11-9-17)23(26)27/h1-3,5-6,8-11,19-20H,4,7,12-15H2/t19-,20+/m0/s1. The van der Waals surface area contributed by atoms with E-state index in [1.807, 2.05) is 30.3 Å². The third-order valence-corrected chi connectivity index (χ3v) is 4.79. The summed E-state index contributed by atoms with van der Waals surface area (Å²) in [7, 11) is 0. The molecule has 158 valence electrons. The normalized spacial score (nSPS) is 16.7.